The Bertz CT molecular complexity index is 947. The number of fused-ring (bicyclic) bond motifs is 1. The first-order valence-electron chi connectivity index (χ1n) is 8.71. The van der Waals surface area contributed by atoms with E-state index in [1.165, 1.54) is 5.56 Å². The van der Waals surface area contributed by atoms with Gasteiger partial charge >= 0.3 is 0 Å². The minimum Gasteiger partial charge on any atom is -0.344 e. The third-order valence-electron chi connectivity index (χ3n) is 4.97. The van der Waals surface area contributed by atoms with E-state index in [1.54, 1.807) is 16.7 Å². The number of halogens is 1. The molecule has 2 aromatic rings. The summed E-state index contributed by atoms with van der Waals surface area (Å²) < 4.78 is 0.988. The molecular weight excluding hydrogens is 422 g/mol. The van der Waals surface area contributed by atoms with Gasteiger partial charge in [-0.1, -0.05) is 57.5 Å². The van der Waals surface area contributed by atoms with Gasteiger partial charge in [0.05, 0.1) is 29.2 Å². The fraction of sp³-hybridized carbons (Fsp3) is 0.238. The van der Waals surface area contributed by atoms with Gasteiger partial charge in [-0.3, -0.25) is 9.69 Å². The quantitative estimate of drug-likeness (QED) is 0.661. The van der Waals surface area contributed by atoms with Gasteiger partial charge in [-0.05, 0) is 36.8 Å². The number of thioether (sulfide) groups is 1. The molecule has 27 heavy (non-hydrogen) atoms. The Morgan fingerprint density at radius 3 is 2.52 bits per heavy atom. The van der Waals surface area contributed by atoms with Crippen LogP contribution < -0.4 is 4.90 Å². The van der Waals surface area contributed by atoms with E-state index in [2.05, 4.69) is 58.1 Å². The second-order valence-electron chi connectivity index (χ2n) is 6.75. The highest BCUT2D eigenvalue weighted by Gasteiger charge is 2.38. The fourth-order valence-electron chi connectivity index (χ4n) is 3.46. The highest BCUT2D eigenvalue weighted by Crippen LogP contribution is 2.43. The van der Waals surface area contributed by atoms with Crippen LogP contribution in [0.15, 0.2) is 63.6 Å². The largest absolute Gasteiger partial charge is 0.344 e. The number of nitrogens with zero attached hydrogens (tertiary/aromatic N) is 3. The summed E-state index contributed by atoms with van der Waals surface area (Å²) >= 11 is 5.01. The zero-order valence-electron chi connectivity index (χ0n) is 14.9. The topological polar surface area (TPSA) is 47.3 Å². The Morgan fingerprint density at radius 1 is 1.15 bits per heavy atom. The third-order valence-corrected chi connectivity index (χ3v) is 6.65. The van der Waals surface area contributed by atoms with Gasteiger partial charge in [0.1, 0.15) is 0 Å². The van der Waals surface area contributed by atoms with Gasteiger partial charge in [-0.15, -0.1) is 0 Å². The van der Waals surface area contributed by atoms with Crippen LogP contribution in [0.1, 0.15) is 23.5 Å². The lowest BCUT2D eigenvalue weighted by Gasteiger charge is -2.42. The van der Waals surface area contributed by atoms with E-state index in [4.69, 9.17) is 0 Å². The van der Waals surface area contributed by atoms with Crippen LogP contribution in [0.3, 0.4) is 0 Å². The van der Waals surface area contributed by atoms with Crippen molar-refractivity contribution < 1.29 is 4.79 Å². The van der Waals surface area contributed by atoms with Crippen molar-refractivity contribution in [1.29, 1.82) is 5.26 Å². The number of hydrogen-bond donors (Lipinski definition) is 0. The number of rotatable bonds is 2. The highest BCUT2D eigenvalue weighted by atomic mass is 79.9. The minimum absolute atomic E-state index is 0.0706. The molecule has 0 N–H and O–H groups in total. The second kappa shape index (κ2) is 7.41. The molecule has 0 radical (unpaired) electrons. The predicted octanol–water partition coefficient (Wildman–Crippen LogP) is 4.98. The van der Waals surface area contributed by atoms with E-state index in [0.29, 0.717) is 18.7 Å². The SMILES string of the molecule is Cc1ccc(N2CSC3=C(C#N)[C@@H](c4ccc(Br)cc4)CC(=O)N3C2)cc1. The van der Waals surface area contributed by atoms with Crippen molar-refractivity contribution in [3.8, 4) is 6.07 Å². The molecule has 0 bridgehead atoms. The molecule has 1 atom stereocenters. The first-order valence-corrected chi connectivity index (χ1v) is 10.5. The summed E-state index contributed by atoms with van der Waals surface area (Å²) in [6.07, 6.45) is 0.330. The third kappa shape index (κ3) is 3.50. The Kier molecular flexibility index (Phi) is 4.98. The first-order chi connectivity index (χ1) is 13.1. The fourth-order valence-corrected chi connectivity index (χ4v) is 4.89. The maximum absolute atomic E-state index is 12.9. The lowest BCUT2D eigenvalue weighted by molar-refractivity contribution is -0.129. The molecule has 2 aromatic carbocycles. The number of carbonyl (C=O) groups is 1. The molecule has 1 amide bonds. The number of allylic oxidation sites excluding steroid dienone is 1. The molecule has 6 heteroatoms. The number of carbonyl (C=O) groups excluding carboxylic acids is 1. The molecule has 0 aliphatic carbocycles. The number of hydrogen-bond acceptors (Lipinski definition) is 4. The summed E-state index contributed by atoms with van der Waals surface area (Å²) in [4.78, 5) is 16.8. The van der Waals surface area contributed by atoms with E-state index < -0.39 is 0 Å². The molecule has 1 saturated heterocycles. The van der Waals surface area contributed by atoms with E-state index in [9.17, 15) is 10.1 Å². The predicted molar refractivity (Wildman–Crippen MR) is 112 cm³/mol. The van der Waals surface area contributed by atoms with Crippen LogP contribution in [-0.4, -0.2) is 23.4 Å². The van der Waals surface area contributed by atoms with E-state index >= 15 is 0 Å². The Labute approximate surface area is 171 Å². The van der Waals surface area contributed by atoms with Crippen LogP contribution in [0.2, 0.25) is 0 Å². The van der Waals surface area contributed by atoms with Crippen molar-refractivity contribution in [3.05, 3.63) is 74.7 Å². The van der Waals surface area contributed by atoms with Gasteiger partial charge in [0.25, 0.3) is 0 Å². The summed E-state index contributed by atoms with van der Waals surface area (Å²) in [7, 11) is 0. The summed E-state index contributed by atoms with van der Waals surface area (Å²) in [5.41, 5.74) is 4.01. The Morgan fingerprint density at radius 2 is 1.85 bits per heavy atom. The Balaban J connectivity index is 1.65. The summed E-state index contributed by atoms with van der Waals surface area (Å²) in [6.45, 7) is 2.55. The monoisotopic (exact) mass is 439 g/mol. The van der Waals surface area contributed by atoms with Crippen molar-refractivity contribution in [2.45, 2.75) is 19.3 Å². The lowest BCUT2D eigenvalue weighted by Crippen LogP contribution is -2.47. The average Bonchev–Trinajstić information content (AvgIpc) is 2.69. The lowest BCUT2D eigenvalue weighted by atomic mass is 9.86. The van der Waals surface area contributed by atoms with Crippen LogP contribution >= 0.6 is 27.7 Å². The normalized spacial score (nSPS) is 19.7. The minimum atomic E-state index is -0.166. The molecule has 136 valence electrons. The van der Waals surface area contributed by atoms with E-state index in [1.807, 2.05) is 24.3 Å². The molecule has 0 spiro atoms. The molecule has 2 heterocycles. The second-order valence-corrected chi connectivity index (χ2v) is 8.60. The van der Waals surface area contributed by atoms with Crippen LogP contribution in [0.5, 0.6) is 0 Å². The summed E-state index contributed by atoms with van der Waals surface area (Å²) in [5.74, 6) is 0.627. The average molecular weight is 440 g/mol. The van der Waals surface area contributed by atoms with Gasteiger partial charge in [0.2, 0.25) is 5.91 Å². The molecule has 4 rings (SSSR count). The van der Waals surface area contributed by atoms with Gasteiger partial charge in [0, 0.05) is 22.5 Å². The van der Waals surface area contributed by atoms with Gasteiger partial charge < -0.3 is 4.90 Å². The smallest absolute Gasteiger partial charge is 0.229 e. The van der Waals surface area contributed by atoms with E-state index in [-0.39, 0.29) is 11.8 Å². The summed E-state index contributed by atoms with van der Waals surface area (Å²) in [5, 5.41) is 10.6. The molecule has 0 aromatic heterocycles. The van der Waals surface area contributed by atoms with Gasteiger partial charge in [0.15, 0.2) is 0 Å². The number of amides is 1. The number of nitriles is 1. The first kappa shape index (κ1) is 18.1. The van der Waals surface area contributed by atoms with Gasteiger partial charge in [-0.2, -0.15) is 5.26 Å². The van der Waals surface area contributed by atoms with Crippen LogP contribution in [0.25, 0.3) is 0 Å². The van der Waals surface area contributed by atoms with Crippen molar-refractivity contribution >= 4 is 39.3 Å². The van der Waals surface area contributed by atoms with Crippen molar-refractivity contribution in [2.75, 3.05) is 17.4 Å². The van der Waals surface area contributed by atoms with Crippen molar-refractivity contribution in [2.24, 2.45) is 0 Å². The van der Waals surface area contributed by atoms with Gasteiger partial charge in [-0.25, -0.2) is 0 Å². The number of benzene rings is 2. The van der Waals surface area contributed by atoms with Crippen molar-refractivity contribution in [3.63, 3.8) is 0 Å². The molecular formula is C21H18BrN3OS. The number of aryl methyl sites for hydroxylation is 1. The maximum Gasteiger partial charge on any atom is 0.229 e. The molecule has 0 unspecified atom stereocenters. The van der Waals surface area contributed by atoms with E-state index in [0.717, 1.165) is 26.6 Å². The zero-order chi connectivity index (χ0) is 19.0. The summed E-state index contributed by atoms with van der Waals surface area (Å²) in [6, 6.07) is 18.6. The maximum atomic E-state index is 12.9. The number of anilines is 1. The van der Waals surface area contributed by atoms with Crippen molar-refractivity contribution in [1.82, 2.24) is 4.90 Å². The zero-order valence-corrected chi connectivity index (χ0v) is 17.3. The molecule has 1 fully saturated rings. The molecule has 2 aliphatic heterocycles. The molecule has 4 nitrogen and oxygen atoms in total. The van der Waals surface area contributed by atoms with Crippen LogP contribution in [0.4, 0.5) is 5.69 Å². The van der Waals surface area contributed by atoms with Crippen LogP contribution in [0, 0.1) is 18.3 Å². The molecule has 0 saturated carbocycles. The standard InChI is InChI=1S/C21H18BrN3OS/c1-14-2-8-17(9-3-14)24-12-25-20(26)10-18(15-4-6-16(22)7-5-15)19(11-23)21(25)27-13-24/h2-9,18H,10,12-13H2,1H3/t18-/m1/s1. The molecule has 2 aliphatic rings. The Hall–Kier alpha value is -2.23. The van der Waals surface area contributed by atoms with Crippen LogP contribution in [-0.2, 0) is 4.79 Å². The highest BCUT2D eigenvalue weighted by molar-refractivity contribution is 9.10.